The SMILES string of the molecule is C[C@@]1(O)[C@H](O)[C@@H](COP2(=O)OC[C@@H](c3ccccc3)[C@@H](c3ccccc3)O2)O[C@H]1n1ccc2c(N)ncnc21. The van der Waals surface area contributed by atoms with Crippen LogP contribution in [-0.2, 0) is 22.9 Å². The van der Waals surface area contributed by atoms with Crippen LogP contribution in [0.15, 0.2) is 79.3 Å². The molecule has 2 aromatic heterocycles. The maximum Gasteiger partial charge on any atom is 0.475 e. The first-order valence-corrected chi connectivity index (χ1v) is 14.0. The Morgan fingerprint density at radius 3 is 2.51 bits per heavy atom. The highest BCUT2D eigenvalue weighted by Gasteiger charge is 2.54. The molecule has 4 N–H and O–H groups in total. The van der Waals surface area contributed by atoms with Crippen molar-refractivity contribution in [3.8, 4) is 0 Å². The Kier molecular flexibility index (Phi) is 6.76. The summed E-state index contributed by atoms with van der Waals surface area (Å²) < 4.78 is 38.6. The van der Waals surface area contributed by atoms with Gasteiger partial charge in [-0.25, -0.2) is 14.5 Å². The molecule has 0 spiro atoms. The number of aliphatic hydroxyl groups excluding tert-OH is 1. The van der Waals surface area contributed by atoms with E-state index in [1.54, 1.807) is 16.8 Å². The van der Waals surface area contributed by atoms with E-state index in [0.717, 1.165) is 11.1 Å². The fourth-order valence-electron chi connectivity index (χ4n) is 5.20. The van der Waals surface area contributed by atoms with E-state index >= 15 is 0 Å². The summed E-state index contributed by atoms with van der Waals surface area (Å²) in [7, 11) is -4.06. The monoisotopic (exact) mass is 552 g/mol. The van der Waals surface area contributed by atoms with E-state index in [2.05, 4.69) is 9.97 Å². The summed E-state index contributed by atoms with van der Waals surface area (Å²) in [6, 6.07) is 20.9. The van der Waals surface area contributed by atoms with Gasteiger partial charge in [-0.15, -0.1) is 0 Å². The summed E-state index contributed by atoms with van der Waals surface area (Å²) in [6.07, 6.45) is -1.07. The van der Waals surface area contributed by atoms with E-state index in [1.165, 1.54) is 13.3 Å². The van der Waals surface area contributed by atoms with Crippen LogP contribution in [-0.4, -0.2) is 55.8 Å². The summed E-state index contributed by atoms with van der Waals surface area (Å²) >= 11 is 0. The Hall–Kier alpha value is -3.15. The minimum absolute atomic E-state index is 0.103. The summed E-state index contributed by atoms with van der Waals surface area (Å²) in [5.41, 5.74) is 6.46. The van der Waals surface area contributed by atoms with E-state index in [4.69, 9.17) is 24.0 Å². The zero-order valence-corrected chi connectivity index (χ0v) is 22.0. The second kappa shape index (κ2) is 10.1. The molecule has 0 bridgehead atoms. The van der Waals surface area contributed by atoms with Crippen molar-refractivity contribution in [3.05, 3.63) is 90.4 Å². The minimum Gasteiger partial charge on any atom is -0.387 e. The van der Waals surface area contributed by atoms with Crippen molar-refractivity contribution in [2.75, 3.05) is 18.9 Å². The van der Waals surface area contributed by atoms with Gasteiger partial charge < -0.3 is 25.3 Å². The highest BCUT2D eigenvalue weighted by molar-refractivity contribution is 7.48. The number of aliphatic hydroxyl groups is 2. The maximum atomic E-state index is 13.6. The first-order valence-electron chi connectivity index (χ1n) is 12.6. The quantitative estimate of drug-likeness (QED) is 0.302. The Bertz CT molecular complexity index is 1500. The Morgan fingerprint density at radius 1 is 1.10 bits per heavy atom. The van der Waals surface area contributed by atoms with E-state index in [-0.39, 0.29) is 24.9 Å². The standard InChI is InChI=1S/C27H29N4O7P/c1-27(33)23(32)21(37-26(27)31-13-12-19-24(28)29-16-30-25(19)31)15-36-39(34)35-14-20(17-8-4-2-5-9-17)22(38-39)18-10-6-3-7-11-18/h2-13,16,20-23,26,32-33H,14-15H2,1H3,(H2,28,29,30)/t20-,21+,22+,23+,26+,27+,39?/m0/s1. The van der Waals surface area contributed by atoms with Crippen LogP contribution in [0.1, 0.15) is 36.3 Å². The Balaban J connectivity index is 1.21. The molecular weight excluding hydrogens is 523 g/mol. The van der Waals surface area contributed by atoms with Gasteiger partial charge in [0, 0.05) is 12.1 Å². The van der Waals surface area contributed by atoms with Crippen LogP contribution >= 0.6 is 7.82 Å². The zero-order chi connectivity index (χ0) is 27.2. The lowest BCUT2D eigenvalue weighted by atomic mass is 9.90. The van der Waals surface area contributed by atoms with Crippen molar-refractivity contribution in [2.45, 2.75) is 43.0 Å². The summed E-state index contributed by atoms with van der Waals surface area (Å²) in [6.45, 7) is 1.20. The first-order chi connectivity index (χ1) is 18.8. The number of hydrogen-bond donors (Lipinski definition) is 3. The second-order valence-electron chi connectivity index (χ2n) is 9.91. The van der Waals surface area contributed by atoms with Crippen LogP contribution in [0.4, 0.5) is 5.82 Å². The molecule has 11 nitrogen and oxygen atoms in total. The van der Waals surface area contributed by atoms with Crippen molar-refractivity contribution in [3.63, 3.8) is 0 Å². The summed E-state index contributed by atoms with van der Waals surface area (Å²) in [5.74, 6) is 0.0671. The Labute approximate surface area is 224 Å². The molecule has 39 heavy (non-hydrogen) atoms. The number of nitrogen functional groups attached to an aromatic ring is 1. The normalized spacial score (nSPS) is 32.9. The molecule has 4 heterocycles. The van der Waals surface area contributed by atoms with Gasteiger partial charge in [0.05, 0.1) is 18.6 Å². The van der Waals surface area contributed by atoms with Gasteiger partial charge in [-0.2, -0.15) is 0 Å². The molecule has 0 amide bonds. The molecule has 6 rings (SSSR count). The number of fused-ring (bicyclic) bond motifs is 1. The Morgan fingerprint density at radius 2 is 1.79 bits per heavy atom. The summed E-state index contributed by atoms with van der Waals surface area (Å²) in [4.78, 5) is 8.22. The highest BCUT2D eigenvalue weighted by Crippen LogP contribution is 2.60. The lowest BCUT2D eigenvalue weighted by molar-refractivity contribution is -0.0951. The van der Waals surface area contributed by atoms with Gasteiger partial charge in [-0.05, 0) is 24.1 Å². The number of hydrogen-bond acceptors (Lipinski definition) is 10. The highest BCUT2D eigenvalue weighted by atomic mass is 31.2. The topological polar surface area (TPSA) is 151 Å². The molecule has 0 saturated carbocycles. The molecule has 204 valence electrons. The van der Waals surface area contributed by atoms with Crippen LogP contribution in [0.3, 0.4) is 0 Å². The van der Waals surface area contributed by atoms with Crippen LogP contribution < -0.4 is 5.73 Å². The molecule has 1 unspecified atom stereocenters. The largest absolute Gasteiger partial charge is 0.475 e. The van der Waals surface area contributed by atoms with Gasteiger partial charge in [0.2, 0.25) is 0 Å². The number of rotatable bonds is 6. The molecular formula is C27H29N4O7P. The number of aromatic nitrogens is 3. The third-order valence-electron chi connectivity index (χ3n) is 7.32. The molecule has 12 heteroatoms. The molecule has 2 aromatic carbocycles. The number of nitrogens with zero attached hydrogens (tertiary/aromatic N) is 3. The van der Waals surface area contributed by atoms with E-state index in [9.17, 15) is 14.8 Å². The van der Waals surface area contributed by atoms with E-state index < -0.39 is 38.0 Å². The minimum atomic E-state index is -4.06. The van der Waals surface area contributed by atoms with Gasteiger partial charge in [0.25, 0.3) is 0 Å². The van der Waals surface area contributed by atoms with Gasteiger partial charge in [-0.3, -0.25) is 13.6 Å². The molecule has 0 aliphatic carbocycles. The van der Waals surface area contributed by atoms with Crippen molar-refractivity contribution in [1.29, 1.82) is 0 Å². The van der Waals surface area contributed by atoms with Crippen molar-refractivity contribution in [2.24, 2.45) is 0 Å². The van der Waals surface area contributed by atoms with Crippen LogP contribution in [0.2, 0.25) is 0 Å². The van der Waals surface area contributed by atoms with Crippen LogP contribution in [0.5, 0.6) is 0 Å². The second-order valence-corrected chi connectivity index (χ2v) is 11.5. The molecule has 7 atom stereocenters. The average Bonchev–Trinajstić information content (AvgIpc) is 3.47. The van der Waals surface area contributed by atoms with Gasteiger partial charge in [-0.1, -0.05) is 60.7 Å². The van der Waals surface area contributed by atoms with Gasteiger partial charge in [0.15, 0.2) is 6.23 Å². The predicted molar refractivity (Wildman–Crippen MR) is 141 cm³/mol. The first kappa shape index (κ1) is 26.1. The van der Waals surface area contributed by atoms with Crippen molar-refractivity contribution >= 4 is 24.7 Å². The lowest BCUT2D eigenvalue weighted by Crippen LogP contribution is -2.44. The van der Waals surface area contributed by atoms with E-state index in [0.29, 0.717) is 11.0 Å². The number of phosphoric ester groups is 1. The molecule has 2 aliphatic heterocycles. The predicted octanol–water partition coefficient (Wildman–Crippen LogP) is 3.72. The molecule has 2 aliphatic rings. The van der Waals surface area contributed by atoms with Crippen molar-refractivity contribution < 1.29 is 33.1 Å². The smallest absolute Gasteiger partial charge is 0.387 e. The third-order valence-corrected chi connectivity index (χ3v) is 8.74. The molecule has 2 saturated heterocycles. The van der Waals surface area contributed by atoms with Gasteiger partial charge in [0.1, 0.15) is 41.7 Å². The number of benzene rings is 2. The number of anilines is 1. The van der Waals surface area contributed by atoms with E-state index in [1.807, 2.05) is 60.7 Å². The third kappa shape index (κ3) is 4.76. The van der Waals surface area contributed by atoms with Crippen LogP contribution in [0, 0.1) is 0 Å². The fraction of sp³-hybridized carbons (Fsp3) is 0.333. The molecule has 0 radical (unpaired) electrons. The van der Waals surface area contributed by atoms with Crippen molar-refractivity contribution in [1.82, 2.24) is 14.5 Å². The summed E-state index contributed by atoms with van der Waals surface area (Å²) in [5, 5.41) is 22.7. The molecule has 4 aromatic rings. The maximum absolute atomic E-state index is 13.6. The number of nitrogens with two attached hydrogens (primary N) is 1. The molecule has 2 fully saturated rings. The zero-order valence-electron chi connectivity index (χ0n) is 21.1. The average molecular weight is 553 g/mol. The van der Waals surface area contributed by atoms with Crippen LogP contribution in [0.25, 0.3) is 11.0 Å². The number of ether oxygens (including phenoxy) is 1. The van der Waals surface area contributed by atoms with Gasteiger partial charge >= 0.3 is 7.82 Å². The number of phosphoric acid groups is 1. The fourth-order valence-corrected chi connectivity index (χ4v) is 6.61. The lowest BCUT2D eigenvalue weighted by Gasteiger charge is -2.36.